The van der Waals surface area contributed by atoms with Gasteiger partial charge in [-0.05, 0) is 35.4 Å². The number of carbonyl (C=O) groups is 1. The van der Waals surface area contributed by atoms with Crippen LogP contribution in [0.1, 0.15) is 11.1 Å². The number of amides is 1. The summed E-state index contributed by atoms with van der Waals surface area (Å²) in [4.78, 5) is 20.7. The summed E-state index contributed by atoms with van der Waals surface area (Å²) in [6, 6.07) is 9.99. The van der Waals surface area contributed by atoms with Crippen LogP contribution in [-0.2, 0) is 17.9 Å². The number of rotatable bonds is 6. The van der Waals surface area contributed by atoms with Gasteiger partial charge in [-0.2, -0.15) is 0 Å². The van der Waals surface area contributed by atoms with Crippen LogP contribution in [0.2, 0.25) is 0 Å². The molecule has 4 rings (SSSR count). The van der Waals surface area contributed by atoms with Crippen molar-refractivity contribution >= 4 is 5.91 Å². The third-order valence-electron chi connectivity index (χ3n) is 4.92. The molecule has 1 amide bonds. The Kier molecular flexibility index (Phi) is 5.50. The van der Waals surface area contributed by atoms with Crippen molar-refractivity contribution in [3.8, 4) is 11.5 Å². The van der Waals surface area contributed by atoms with E-state index in [1.165, 1.54) is 5.56 Å². The Bertz CT molecular complexity index is 776. The molecule has 2 aromatic rings. The van der Waals surface area contributed by atoms with Crippen LogP contribution >= 0.6 is 0 Å². The fourth-order valence-corrected chi connectivity index (χ4v) is 3.38. The number of nitrogens with one attached hydrogen (secondary N) is 1. The first-order chi connectivity index (χ1) is 13.3. The van der Waals surface area contributed by atoms with E-state index in [0.29, 0.717) is 19.9 Å². The number of aromatic nitrogens is 1. The molecule has 1 saturated heterocycles. The lowest BCUT2D eigenvalue weighted by Gasteiger charge is -2.34. The van der Waals surface area contributed by atoms with Crippen molar-refractivity contribution in [2.24, 2.45) is 0 Å². The van der Waals surface area contributed by atoms with E-state index in [-0.39, 0.29) is 5.91 Å². The van der Waals surface area contributed by atoms with Crippen LogP contribution in [0.15, 0.2) is 42.7 Å². The van der Waals surface area contributed by atoms with E-state index in [2.05, 4.69) is 21.3 Å². The van der Waals surface area contributed by atoms with Crippen LogP contribution in [0.3, 0.4) is 0 Å². The molecular weight excluding hydrogens is 344 g/mol. The lowest BCUT2D eigenvalue weighted by atomic mass is 10.1. The number of nitrogens with zero attached hydrogens (tertiary/aromatic N) is 3. The summed E-state index contributed by atoms with van der Waals surface area (Å²) in [5.41, 5.74) is 2.34. The Morgan fingerprint density at radius 1 is 1.00 bits per heavy atom. The van der Waals surface area contributed by atoms with E-state index in [9.17, 15) is 4.79 Å². The molecule has 7 nitrogen and oxygen atoms in total. The first kappa shape index (κ1) is 17.8. The summed E-state index contributed by atoms with van der Waals surface area (Å²) in [6.45, 7) is 5.49. The number of pyridine rings is 1. The quantitative estimate of drug-likeness (QED) is 0.828. The topological polar surface area (TPSA) is 66.9 Å². The van der Waals surface area contributed by atoms with Gasteiger partial charge in [0.1, 0.15) is 0 Å². The average molecular weight is 368 g/mol. The normalized spacial score (nSPS) is 16.5. The largest absolute Gasteiger partial charge is 0.454 e. The summed E-state index contributed by atoms with van der Waals surface area (Å²) in [5, 5.41) is 3.22. The van der Waals surface area contributed by atoms with Gasteiger partial charge in [0.2, 0.25) is 12.7 Å². The minimum Gasteiger partial charge on any atom is -0.454 e. The van der Waals surface area contributed by atoms with Crippen LogP contribution in [0.25, 0.3) is 0 Å². The second-order valence-electron chi connectivity index (χ2n) is 6.80. The van der Waals surface area contributed by atoms with Crippen molar-refractivity contribution < 1.29 is 14.3 Å². The Morgan fingerprint density at radius 3 is 2.59 bits per heavy atom. The maximum absolute atomic E-state index is 12.4. The standard InChI is InChI=1S/C20H24N4O3/c25-20(13-22-12-16-3-5-21-6-4-16)24-9-7-23(8-10-24)14-17-1-2-18-19(11-17)27-15-26-18/h1-6,11,22H,7-10,12-15H2. The van der Waals surface area contributed by atoms with Crippen LogP contribution in [0.5, 0.6) is 11.5 Å². The molecule has 1 N–H and O–H groups in total. The third kappa shape index (κ3) is 4.56. The first-order valence-corrected chi connectivity index (χ1v) is 9.26. The Morgan fingerprint density at radius 2 is 1.78 bits per heavy atom. The minimum absolute atomic E-state index is 0.159. The van der Waals surface area contributed by atoms with Gasteiger partial charge in [-0.1, -0.05) is 6.07 Å². The van der Waals surface area contributed by atoms with Crippen LogP contribution in [0.4, 0.5) is 0 Å². The fourth-order valence-electron chi connectivity index (χ4n) is 3.38. The summed E-state index contributed by atoms with van der Waals surface area (Å²) in [6.07, 6.45) is 3.52. The number of ether oxygens (including phenoxy) is 2. The van der Waals surface area contributed by atoms with Crippen LogP contribution in [-0.4, -0.2) is 60.2 Å². The molecule has 1 aromatic carbocycles. The van der Waals surface area contributed by atoms with Crippen molar-refractivity contribution in [2.75, 3.05) is 39.5 Å². The van der Waals surface area contributed by atoms with E-state index >= 15 is 0 Å². The zero-order chi connectivity index (χ0) is 18.5. The zero-order valence-corrected chi connectivity index (χ0v) is 15.3. The molecule has 0 radical (unpaired) electrons. The van der Waals surface area contributed by atoms with Gasteiger partial charge in [0, 0.05) is 51.7 Å². The molecule has 0 atom stereocenters. The van der Waals surface area contributed by atoms with Gasteiger partial charge >= 0.3 is 0 Å². The number of fused-ring (bicyclic) bond motifs is 1. The molecule has 1 aromatic heterocycles. The second-order valence-corrected chi connectivity index (χ2v) is 6.80. The lowest BCUT2D eigenvalue weighted by Crippen LogP contribution is -2.50. The predicted octanol–water partition coefficient (Wildman–Crippen LogP) is 1.24. The average Bonchev–Trinajstić information content (AvgIpc) is 3.17. The molecule has 3 heterocycles. The van der Waals surface area contributed by atoms with Gasteiger partial charge < -0.3 is 19.7 Å². The Hall–Kier alpha value is -2.64. The molecule has 2 aliphatic rings. The van der Waals surface area contributed by atoms with Gasteiger partial charge in [0.15, 0.2) is 11.5 Å². The Balaban J connectivity index is 1.20. The number of hydrogen-bond donors (Lipinski definition) is 1. The maximum Gasteiger partial charge on any atom is 0.236 e. The highest BCUT2D eigenvalue weighted by molar-refractivity contribution is 5.78. The highest BCUT2D eigenvalue weighted by atomic mass is 16.7. The number of benzene rings is 1. The molecule has 0 aliphatic carbocycles. The molecule has 0 unspecified atom stereocenters. The van der Waals surface area contributed by atoms with Crippen molar-refractivity contribution in [3.05, 3.63) is 53.9 Å². The fraction of sp³-hybridized carbons (Fsp3) is 0.400. The van der Waals surface area contributed by atoms with E-state index in [4.69, 9.17) is 9.47 Å². The number of hydrogen-bond acceptors (Lipinski definition) is 6. The molecule has 27 heavy (non-hydrogen) atoms. The molecule has 7 heteroatoms. The monoisotopic (exact) mass is 368 g/mol. The summed E-state index contributed by atoms with van der Waals surface area (Å²) in [7, 11) is 0. The summed E-state index contributed by atoms with van der Waals surface area (Å²) >= 11 is 0. The smallest absolute Gasteiger partial charge is 0.236 e. The van der Waals surface area contributed by atoms with Crippen LogP contribution in [0, 0.1) is 0 Å². The highest BCUT2D eigenvalue weighted by Crippen LogP contribution is 2.32. The molecule has 2 aliphatic heterocycles. The Labute approximate surface area is 158 Å². The van der Waals surface area contributed by atoms with Gasteiger partial charge in [-0.15, -0.1) is 0 Å². The lowest BCUT2D eigenvalue weighted by molar-refractivity contribution is -0.132. The van der Waals surface area contributed by atoms with Crippen molar-refractivity contribution in [1.82, 2.24) is 20.1 Å². The maximum atomic E-state index is 12.4. The molecule has 0 bridgehead atoms. The second kappa shape index (κ2) is 8.37. The zero-order valence-electron chi connectivity index (χ0n) is 15.3. The number of carbonyl (C=O) groups excluding carboxylic acids is 1. The third-order valence-corrected chi connectivity index (χ3v) is 4.92. The highest BCUT2D eigenvalue weighted by Gasteiger charge is 2.21. The molecule has 0 saturated carbocycles. The molecule has 1 fully saturated rings. The summed E-state index contributed by atoms with van der Waals surface area (Å²) < 4.78 is 10.8. The van der Waals surface area contributed by atoms with Gasteiger partial charge in [-0.25, -0.2) is 0 Å². The van der Waals surface area contributed by atoms with Crippen molar-refractivity contribution in [2.45, 2.75) is 13.1 Å². The van der Waals surface area contributed by atoms with Gasteiger partial charge in [0.25, 0.3) is 0 Å². The van der Waals surface area contributed by atoms with Crippen molar-refractivity contribution in [3.63, 3.8) is 0 Å². The molecular formula is C20H24N4O3. The van der Waals surface area contributed by atoms with E-state index in [0.717, 1.165) is 49.8 Å². The van der Waals surface area contributed by atoms with E-state index < -0.39 is 0 Å². The molecule has 142 valence electrons. The van der Waals surface area contributed by atoms with E-state index in [1.807, 2.05) is 29.2 Å². The summed E-state index contributed by atoms with van der Waals surface area (Å²) in [5.74, 6) is 1.79. The molecule has 0 spiro atoms. The predicted molar refractivity (Wildman–Crippen MR) is 100 cm³/mol. The number of piperazine rings is 1. The SMILES string of the molecule is O=C(CNCc1ccncc1)N1CCN(Cc2ccc3c(c2)OCO3)CC1. The van der Waals surface area contributed by atoms with Gasteiger partial charge in [-0.3, -0.25) is 14.7 Å². The van der Waals surface area contributed by atoms with E-state index in [1.54, 1.807) is 12.4 Å². The first-order valence-electron chi connectivity index (χ1n) is 9.26. The van der Waals surface area contributed by atoms with Crippen molar-refractivity contribution in [1.29, 1.82) is 0 Å². The minimum atomic E-state index is 0.159. The van der Waals surface area contributed by atoms with Crippen LogP contribution < -0.4 is 14.8 Å². The van der Waals surface area contributed by atoms with Gasteiger partial charge in [0.05, 0.1) is 6.54 Å².